The number of hydrogen-bond donors (Lipinski definition) is 1. The van der Waals surface area contributed by atoms with Crippen molar-refractivity contribution in [2.45, 2.75) is 45.1 Å². The van der Waals surface area contributed by atoms with Gasteiger partial charge in [-0.05, 0) is 25.3 Å². The Morgan fingerprint density at radius 3 is 2.78 bits per heavy atom. The number of aromatic nitrogens is 4. The highest BCUT2D eigenvalue weighted by Crippen LogP contribution is 2.22. The van der Waals surface area contributed by atoms with Crippen molar-refractivity contribution in [3.8, 4) is 5.88 Å². The molecule has 170 valence electrons. The van der Waals surface area contributed by atoms with E-state index in [-0.39, 0.29) is 23.2 Å². The average Bonchev–Trinajstić information content (AvgIpc) is 2.84. The second kappa shape index (κ2) is 9.99. The van der Waals surface area contributed by atoms with Gasteiger partial charge >= 0.3 is 0 Å². The van der Waals surface area contributed by atoms with Crippen molar-refractivity contribution in [2.75, 3.05) is 26.8 Å². The van der Waals surface area contributed by atoms with Crippen LogP contribution in [0.4, 0.5) is 0 Å². The van der Waals surface area contributed by atoms with Gasteiger partial charge in [-0.1, -0.05) is 0 Å². The van der Waals surface area contributed by atoms with Crippen molar-refractivity contribution >= 4 is 11.7 Å². The predicted molar refractivity (Wildman–Crippen MR) is 113 cm³/mol. The Bertz CT molecular complexity index is 1030. The van der Waals surface area contributed by atoms with E-state index < -0.39 is 0 Å². The number of nitrogens with zero attached hydrogens (tertiary/aromatic N) is 4. The molecule has 1 fully saturated rings. The second-order valence-corrected chi connectivity index (χ2v) is 8.07. The van der Waals surface area contributed by atoms with E-state index >= 15 is 0 Å². The molecule has 2 aromatic rings. The Hall–Kier alpha value is -3.14. The number of methoxy groups -OCH3 is 1. The first-order valence-corrected chi connectivity index (χ1v) is 10.9. The first-order valence-electron chi connectivity index (χ1n) is 10.9. The number of ether oxygens (including phenoxy) is 2. The molecule has 2 aromatic heterocycles. The van der Waals surface area contributed by atoms with Crippen molar-refractivity contribution in [2.24, 2.45) is 5.92 Å². The van der Waals surface area contributed by atoms with Crippen LogP contribution >= 0.6 is 0 Å². The molecule has 1 N–H and O–H groups in total. The van der Waals surface area contributed by atoms with Crippen LogP contribution in [0.2, 0.25) is 0 Å². The van der Waals surface area contributed by atoms with Gasteiger partial charge in [-0.3, -0.25) is 14.4 Å². The Labute approximate surface area is 185 Å². The minimum absolute atomic E-state index is 0.0416. The Kier molecular flexibility index (Phi) is 6.89. The third-order valence-corrected chi connectivity index (χ3v) is 6.00. The number of hydrogen-bond acceptors (Lipinski definition) is 8. The van der Waals surface area contributed by atoms with E-state index in [4.69, 9.17) is 9.47 Å². The topological polar surface area (TPSA) is 127 Å². The number of aryl methyl sites for hydroxylation is 1. The van der Waals surface area contributed by atoms with Crippen LogP contribution in [0, 0.1) is 5.92 Å². The number of ketones is 1. The molecule has 2 aliphatic rings. The molecule has 0 unspecified atom stereocenters. The van der Waals surface area contributed by atoms with Crippen molar-refractivity contribution < 1.29 is 19.1 Å². The zero-order valence-electron chi connectivity index (χ0n) is 18.1. The van der Waals surface area contributed by atoms with Gasteiger partial charge in [-0.15, -0.1) is 10.2 Å². The first kappa shape index (κ1) is 22.1. The van der Waals surface area contributed by atoms with Gasteiger partial charge in [0.15, 0.2) is 5.78 Å². The summed E-state index contributed by atoms with van der Waals surface area (Å²) in [5.74, 6) is 0.850. The number of H-pyrrole nitrogens is 1. The maximum absolute atomic E-state index is 12.6. The van der Waals surface area contributed by atoms with Crippen molar-refractivity contribution in [3.05, 3.63) is 45.3 Å². The Morgan fingerprint density at radius 2 is 2.06 bits per heavy atom. The molecule has 0 radical (unpaired) electrons. The average molecular weight is 441 g/mol. The van der Waals surface area contributed by atoms with E-state index in [1.807, 2.05) is 4.90 Å². The fourth-order valence-electron chi connectivity index (χ4n) is 4.14. The lowest BCUT2D eigenvalue weighted by atomic mass is 9.90. The van der Waals surface area contributed by atoms with E-state index in [9.17, 15) is 14.4 Å². The van der Waals surface area contributed by atoms with Crippen LogP contribution in [-0.4, -0.2) is 63.6 Å². The summed E-state index contributed by atoms with van der Waals surface area (Å²) in [5, 5.41) is 7.79. The van der Waals surface area contributed by atoms with Crippen molar-refractivity contribution in [3.63, 3.8) is 0 Å². The van der Waals surface area contributed by atoms with Gasteiger partial charge in [0, 0.05) is 44.3 Å². The van der Waals surface area contributed by atoms with Gasteiger partial charge in [-0.2, -0.15) is 0 Å². The maximum Gasteiger partial charge on any atom is 0.256 e. The third-order valence-electron chi connectivity index (χ3n) is 6.00. The number of carbonyl (C=O) groups excluding carboxylic acids is 2. The summed E-state index contributed by atoms with van der Waals surface area (Å²) in [7, 11) is 1.50. The lowest BCUT2D eigenvalue weighted by Gasteiger charge is -2.31. The highest BCUT2D eigenvalue weighted by atomic mass is 16.5. The number of Topliss-reactive ketones (excluding diaryl/α,β-unsaturated/α-hetero) is 1. The van der Waals surface area contributed by atoms with Crippen LogP contribution in [0.1, 0.15) is 53.3 Å². The molecule has 4 rings (SSSR count). The zero-order valence-corrected chi connectivity index (χ0v) is 18.1. The van der Waals surface area contributed by atoms with E-state index in [1.54, 1.807) is 12.1 Å². The van der Waals surface area contributed by atoms with E-state index in [0.29, 0.717) is 87.8 Å². The van der Waals surface area contributed by atoms with Crippen LogP contribution in [-0.2, 0) is 29.0 Å². The lowest BCUT2D eigenvalue weighted by molar-refractivity contribution is -0.132. The SMILES string of the molecule is COc1ccc(C(=O)C2CCN(C(=O)CCCc3nc4c(c(=O)[nH]3)COCC4)CC2)nn1. The van der Waals surface area contributed by atoms with Gasteiger partial charge < -0.3 is 19.4 Å². The Balaban J connectivity index is 1.24. The van der Waals surface area contributed by atoms with Gasteiger partial charge in [-0.25, -0.2) is 4.98 Å². The molecule has 0 aliphatic carbocycles. The number of carbonyl (C=O) groups is 2. The summed E-state index contributed by atoms with van der Waals surface area (Å²) in [6.45, 7) is 1.98. The zero-order chi connectivity index (χ0) is 22.5. The molecule has 1 amide bonds. The number of amides is 1. The standard InChI is InChI=1S/C22H27N5O5/c1-31-19-6-5-17(25-26-19)21(29)14-7-10-27(11-8-14)20(28)4-2-3-18-23-16-9-12-32-13-15(16)22(30)24-18/h5-6,14H,2-4,7-13H2,1H3,(H,23,24,30). The largest absolute Gasteiger partial charge is 0.480 e. The predicted octanol–water partition coefficient (Wildman–Crippen LogP) is 1.09. The lowest BCUT2D eigenvalue weighted by Crippen LogP contribution is -2.40. The molecule has 1 saturated heterocycles. The van der Waals surface area contributed by atoms with Gasteiger partial charge in [0.05, 0.1) is 31.6 Å². The van der Waals surface area contributed by atoms with Crippen molar-refractivity contribution in [1.29, 1.82) is 0 Å². The van der Waals surface area contributed by atoms with E-state index in [2.05, 4.69) is 20.2 Å². The van der Waals surface area contributed by atoms with E-state index in [0.717, 1.165) is 5.69 Å². The van der Waals surface area contributed by atoms with Crippen LogP contribution in [0.25, 0.3) is 0 Å². The van der Waals surface area contributed by atoms with Gasteiger partial charge in [0.2, 0.25) is 11.8 Å². The molecule has 10 heteroatoms. The number of piperidine rings is 1. The second-order valence-electron chi connectivity index (χ2n) is 8.07. The monoisotopic (exact) mass is 441 g/mol. The highest BCUT2D eigenvalue weighted by molar-refractivity contribution is 5.96. The van der Waals surface area contributed by atoms with Crippen LogP contribution < -0.4 is 10.3 Å². The molecule has 32 heavy (non-hydrogen) atoms. The van der Waals surface area contributed by atoms with Crippen LogP contribution in [0.3, 0.4) is 0 Å². The quantitative estimate of drug-likeness (QED) is 0.633. The number of aromatic amines is 1. The number of fused-ring (bicyclic) bond motifs is 1. The minimum Gasteiger partial charge on any atom is -0.480 e. The molecule has 0 atom stereocenters. The molecular weight excluding hydrogens is 414 g/mol. The summed E-state index contributed by atoms with van der Waals surface area (Å²) in [6, 6.07) is 3.25. The maximum atomic E-state index is 12.6. The molecule has 2 aliphatic heterocycles. The summed E-state index contributed by atoms with van der Waals surface area (Å²) in [4.78, 5) is 46.5. The van der Waals surface area contributed by atoms with Crippen molar-refractivity contribution in [1.82, 2.24) is 25.1 Å². The van der Waals surface area contributed by atoms with Gasteiger partial charge in [0.1, 0.15) is 11.5 Å². The Morgan fingerprint density at radius 1 is 1.25 bits per heavy atom. The summed E-state index contributed by atoms with van der Waals surface area (Å²) < 4.78 is 10.3. The van der Waals surface area contributed by atoms with E-state index in [1.165, 1.54) is 7.11 Å². The normalized spacial score (nSPS) is 16.5. The molecular formula is C22H27N5O5. The fraction of sp³-hybridized carbons (Fsp3) is 0.545. The number of nitrogens with one attached hydrogen (secondary N) is 1. The minimum atomic E-state index is -0.157. The summed E-state index contributed by atoms with van der Waals surface area (Å²) in [6.07, 6.45) is 3.39. The highest BCUT2D eigenvalue weighted by Gasteiger charge is 2.28. The van der Waals surface area contributed by atoms with Crippen LogP contribution in [0.5, 0.6) is 5.88 Å². The fourth-order valence-corrected chi connectivity index (χ4v) is 4.14. The molecule has 0 aromatic carbocycles. The number of likely N-dealkylation sites (tertiary alicyclic amines) is 1. The summed E-state index contributed by atoms with van der Waals surface area (Å²) >= 11 is 0. The number of rotatable bonds is 7. The molecule has 0 bridgehead atoms. The van der Waals surface area contributed by atoms with Gasteiger partial charge in [0.25, 0.3) is 5.56 Å². The summed E-state index contributed by atoms with van der Waals surface area (Å²) in [5.41, 5.74) is 1.58. The van der Waals surface area contributed by atoms with Crippen LogP contribution in [0.15, 0.2) is 16.9 Å². The molecule has 10 nitrogen and oxygen atoms in total. The third kappa shape index (κ3) is 5.01. The first-order chi connectivity index (χ1) is 15.5. The molecule has 4 heterocycles. The molecule has 0 saturated carbocycles. The smallest absolute Gasteiger partial charge is 0.256 e. The molecule has 0 spiro atoms.